The minimum Gasteiger partial charge on any atom is -0.768 e. The first-order valence-corrected chi connectivity index (χ1v) is 4.46. The zero-order valence-corrected chi connectivity index (χ0v) is 7.57. The quantitative estimate of drug-likeness (QED) is 0.627. The smallest absolute Gasteiger partial charge is 0.141 e. The van der Waals surface area contributed by atoms with Gasteiger partial charge in [0.05, 0.1) is 4.90 Å². The third kappa shape index (κ3) is 1.70. The van der Waals surface area contributed by atoms with Crippen molar-refractivity contribution in [2.45, 2.75) is 18.7 Å². The molecule has 0 N–H and O–H groups in total. The Bertz CT molecular complexity index is 336. The van der Waals surface area contributed by atoms with Crippen molar-refractivity contribution in [2.24, 2.45) is 0 Å². The van der Waals surface area contributed by atoms with E-state index in [-0.39, 0.29) is 4.90 Å². The lowest BCUT2D eigenvalue weighted by atomic mass is 10.1. The van der Waals surface area contributed by atoms with Gasteiger partial charge < -0.3 is 4.55 Å². The molecule has 1 aromatic carbocycles. The summed E-state index contributed by atoms with van der Waals surface area (Å²) in [5.74, 6) is -0.658. The second-order valence-electron chi connectivity index (χ2n) is 2.63. The second-order valence-corrected chi connectivity index (χ2v) is 3.54. The van der Waals surface area contributed by atoms with Gasteiger partial charge in [-0.2, -0.15) is 0 Å². The monoisotopic (exact) mass is 187 g/mol. The predicted octanol–water partition coefficient (Wildman–Crippen LogP) is 1.68. The molecule has 0 heterocycles. The number of rotatable bonds is 1. The Kier molecular flexibility index (Phi) is 2.59. The fourth-order valence-corrected chi connectivity index (χ4v) is 1.62. The van der Waals surface area contributed by atoms with Crippen molar-refractivity contribution in [3.8, 4) is 0 Å². The third-order valence-corrected chi connectivity index (χ3v) is 2.20. The highest BCUT2D eigenvalue weighted by Gasteiger charge is 2.05. The van der Waals surface area contributed by atoms with Crippen LogP contribution in [0.4, 0.5) is 4.39 Å². The van der Waals surface area contributed by atoms with Crippen LogP contribution in [0.15, 0.2) is 17.0 Å². The summed E-state index contributed by atoms with van der Waals surface area (Å²) in [4.78, 5) is -0.257. The normalized spacial score (nSPS) is 13.0. The fraction of sp³-hybridized carbons (Fsp3) is 0.250. The number of halogens is 1. The van der Waals surface area contributed by atoms with Crippen LogP contribution in [0.25, 0.3) is 0 Å². The molecular formula is C8H8FO2S-. The lowest BCUT2D eigenvalue weighted by Gasteiger charge is -2.09. The van der Waals surface area contributed by atoms with E-state index >= 15 is 0 Å². The van der Waals surface area contributed by atoms with Crippen LogP contribution in [0.3, 0.4) is 0 Å². The van der Waals surface area contributed by atoms with E-state index in [1.54, 1.807) is 19.9 Å². The van der Waals surface area contributed by atoms with Crippen molar-refractivity contribution in [3.05, 3.63) is 29.1 Å². The molecule has 1 atom stereocenters. The number of hydrogen-bond acceptors (Lipinski definition) is 2. The van der Waals surface area contributed by atoms with Crippen LogP contribution in [-0.4, -0.2) is 8.76 Å². The summed E-state index contributed by atoms with van der Waals surface area (Å²) in [6.07, 6.45) is 0. The van der Waals surface area contributed by atoms with E-state index < -0.39 is 16.9 Å². The van der Waals surface area contributed by atoms with Gasteiger partial charge in [-0.3, -0.25) is 4.21 Å². The van der Waals surface area contributed by atoms with Crippen molar-refractivity contribution >= 4 is 11.1 Å². The molecule has 0 bridgehead atoms. The van der Waals surface area contributed by atoms with Crippen molar-refractivity contribution < 1.29 is 13.2 Å². The predicted molar refractivity (Wildman–Crippen MR) is 43.1 cm³/mol. The summed E-state index contributed by atoms with van der Waals surface area (Å²) in [7, 11) is 0. The van der Waals surface area contributed by atoms with Crippen molar-refractivity contribution in [2.75, 3.05) is 0 Å². The molecule has 0 aromatic heterocycles. The Balaban J connectivity index is 3.37. The topological polar surface area (TPSA) is 40.1 Å². The van der Waals surface area contributed by atoms with Gasteiger partial charge in [0.2, 0.25) is 0 Å². The summed E-state index contributed by atoms with van der Waals surface area (Å²) < 4.78 is 34.0. The lowest BCUT2D eigenvalue weighted by Crippen LogP contribution is -1.97. The zero-order chi connectivity index (χ0) is 9.30. The van der Waals surface area contributed by atoms with E-state index in [2.05, 4.69) is 0 Å². The molecule has 0 aliphatic carbocycles. The molecule has 1 aromatic rings. The minimum absolute atomic E-state index is 0.257. The Labute approximate surface area is 72.7 Å². The minimum atomic E-state index is -2.49. The number of benzene rings is 1. The van der Waals surface area contributed by atoms with Crippen LogP contribution >= 0.6 is 0 Å². The molecule has 0 aliphatic rings. The molecule has 0 radical (unpaired) electrons. The molecule has 1 unspecified atom stereocenters. The van der Waals surface area contributed by atoms with E-state index in [9.17, 15) is 13.2 Å². The molecule has 2 nitrogen and oxygen atoms in total. The molecule has 0 spiro atoms. The first-order chi connectivity index (χ1) is 5.52. The van der Waals surface area contributed by atoms with Gasteiger partial charge in [-0.15, -0.1) is 0 Å². The Morgan fingerprint density at radius 2 is 2.00 bits per heavy atom. The molecule has 0 aliphatic heterocycles. The van der Waals surface area contributed by atoms with E-state index in [4.69, 9.17) is 0 Å². The summed E-state index contributed by atoms with van der Waals surface area (Å²) >= 11 is -2.49. The molecule has 0 fully saturated rings. The maximum Gasteiger partial charge on any atom is 0.141 e. The van der Waals surface area contributed by atoms with Gasteiger partial charge >= 0.3 is 0 Å². The fourth-order valence-electron chi connectivity index (χ4n) is 1.03. The zero-order valence-electron chi connectivity index (χ0n) is 6.76. The van der Waals surface area contributed by atoms with Gasteiger partial charge in [0.1, 0.15) is 5.82 Å². The summed E-state index contributed by atoms with van der Waals surface area (Å²) in [5, 5.41) is 0. The van der Waals surface area contributed by atoms with Gasteiger partial charge in [0, 0.05) is 0 Å². The summed E-state index contributed by atoms with van der Waals surface area (Å²) in [5.41, 5.74) is 1.10. The lowest BCUT2D eigenvalue weighted by molar-refractivity contribution is 0.521. The van der Waals surface area contributed by atoms with Crippen LogP contribution in [-0.2, 0) is 11.1 Å². The maximum atomic E-state index is 13.0. The van der Waals surface area contributed by atoms with Crippen LogP contribution in [0.2, 0.25) is 0 Å². The molecular weight excluding hydrogens is 179 g/mol. The van der Waals surface area contributed by atoms with Crippen LogP contribution in [0.1, 0.15) is 11.1 Å². The Morgan fingerprint density at radius 1 is 1.42 bits per heavy atom. The molecule has 4 heteroatoms. The van der Waals surface area contributed by atoms with Crippen LogP contribution in [0.5, 0.6) is 0 Å². The first kappa shape index (κ1) is 9.35. The van der Waals surface area contributed by atoms with Crippen LogP contribution in [0, 0.1) is 19.7 Å². The summed E-state index contributed by atoms with van der Waals surface area (Å²) in [6, 6.07) is 2.91. The van der Waals surface area contributed by atoms with Gasteiger partial charge in [0.15, 0.2) is 0 Å². The van der Waals surface area contributed by atoms with Gasteiger partial charge in [-0.25, -0.2) is 4.39 Å². The molecule has 0 saturated carbocycles. The number of aryl methyl sites for hydroxylation is 2. The summed E-state index contributed by atoms with van der Waals surface area (Å²) in [6.45, 7) is 3.27. The number of hydrogen-bond donors (Lipinski definition) is 0. The SMILES string of the molecule is Cc1cc(C)c(F)c(S(=O)[O-])c1. The second kappa shape index (κ2) is 3.33. The Hall–Kier alpha value is -0.740. The van der Waals surface area contributed by atoms with Gasteiger partial charge in [-0.05, 0) is 42.1 Å². The Morgan fingerprint density at radius 3 is 2.50 bits per heavy atom. The highest BCUT2D eigenvalue weighted by Crippen LogP contribution is 2.17. The highest BCUT2D eigenvalue weighted by molar-refractivity contribution is 7.79. The van der Waals surface area contributed by atoms with E-state index in [1.165, 1.54) is 6.07 Å². The maximum absolute atomic E-state index is 13.0. The molecule has 66 valence electrons. The standard InChI is InChI=1S/C8H9FO2S/c1-5-3-6(2)8(9)7(4-5)12(10)11/h3-4H,1-2H3,(H,10,11)/p-1. The third-order valence-electron chi connectivity index (χ3n) is 1.55. The van der Waals surface area contributed by atoms with E-state index in [1.807, 2.05) is 0 Å². The largest absolute Gasteiger partial charge is 0.768 e. The van der Waals surface area contributed by atoms with E-state index in [0.717, 1.165) is 5.56 Å². The van der Waals surface area contributed by atoms with Gasteiger partial charge in [-0.1, -0.05) is 6.07 Å². The average molecular weight is 187 g/mol. The van der Waals surface area contributed by atoms with Crippen molar-refractivity contribution in [1.29, 1.82) is 0 Å². The molecule has 1 rings (SSSR count). The van der Waals surface area contributed by atoms with E-state index in [0.29, 0.717) is 5.56 Å². The van der Waals surface area contributed by atoms with Gasteiger partial charge in [0.25, 0.3) is 0 Å². The van der Waals surface area contributed by atoms with Crippen LogP contribution < -0.4 is 0 Å². The molecule has 12 heavy (non-hydrogen) atoms. The van der Waals surface area contributed by atoms with Crippen molar-refractivity contribution in [3.63, 3.8) is 0 Å². The molecule has 0 saturated heterocycles. The average Bonchev–Trinajstić information content (AvgIpc) is 1.96. The first-order valence-electron chi connectivity index (χ1n) is 3.38. The highest BCUT2D eigenvalue weighted by atomic mass is 32.2. The molecule has 0 amide bonds. The van der Waals surface area contributed by atoms with Crippen molar-refractivity contribution in [1.82, 2.24) is 0 Å².